The number of halogens is 1. The molecule has 6 nitrogen and oxygen atoms in total. The molecule has 21 heavy (non-hydrogen) atoms. The molecule has 0 bridgehead atoms. The second kappa shape index (κ2) is 8.68. The molecule has 1 aromatic rings. The number of benzene rings is 1. The molecule has 0 aliphatic heterocycles. The molecule has 1 atom stereocenters. The van der Waals surface area contributed by atoms with Gasteiger partial charge < -0.3 is 15.7 Å². The predicted octanol–water partition coefficient (Wildman–Crippen LogP) is 0.736. The first-order chi connectivity index (χ1) is 10.0. The van der Waals surface area contributed by atoms with Crippen molar-refractivity contribution >= 4 is 17.8 Å². The van der Waals surface area contributed by atoms with Crippen molar-refractivity contribution in [1.29, 1.82) is 0 Å². The van der Waals surface area contributed by atoms with Crippen LogP contribution in [0.1, 0.15) is 23.2 Å². The molecule has 0 aromatic heterocycles. The lowest BCUT2D eigenvalue weighted by atomic mass is 10.2. The van der Waals surface area contributed by atoms with Crippen molar-refractivity contribution in [2.24, 2.45) is 0 Å². The number of rotatable bonds is 8. The summed E-state index contributed by atoms with van der Waals surface area (Å²) >= 11 is 0. The maximum atomic E-state index is 12.3. The van der Waals surface area contributed by atoms with Crippen LogP contribution in [0.5, 0.6) is 0 Å². The molecule has 0 aliphatic rings. The van der Waals surface area contributed by atoms with Gasteiger partial charge in [-0.3, -0.25) is 9.59 Å². The number of carboxylic acid groups (broad SMARTS) is 1. The van der Waals surface area contributed by atoms with Gasteiger partial charge >= 0.3 is 5.97 Å². The topological polar surface area (TPSA) is 95.5 Å². The molecule has 0 spiro atoms. The van der Waals surface area contributed by atoms with Gasteiger partial charge in [0.05, 0.1) is 0 Å². The number of hydrogen-bond acceptors (Lipinski definition) is 3. The van der Waals surface area contributed by atoms with Gasteiger partial charge in [0.15, 0.2) is 6.04 Å². The van der Waals surface area contributed by atoms with Gasteiger partial charge in [-0.25, -0.2) is 9.18 Å². The number of carboxylic acids is 1. The van der Waals surface area contributed by atoms with Gasteiger partial charge in [-0.15, -0.1) is 0 Å². The van der Waals surface area contributed by atoms with Gasteiger partial charge in [0.2, 0.25) is 5.91 Å². The van der Waals surface area contributed by atoms with Crippen molar-refractivity contribution in [2.75, 3.05) is 13.2 Å². The molecule has 0 aliphatic carbocycles. The van der Waals surface area contributed by atoms with Gasteiger partial charge in [0.25, 0.3) is 5.91 Å². The summed E-state index contributed by atoms with van der Waals surface area (Å²) in [6.07, 6.45) is 0.349. The van der Waals surface area contributed by atoms with E-state index in [9.17, 15) is 18.8 Å². The van der Waals surface area contributed by atoms with E-state index in [2.05, 4.69) is 10.6 Å². The van der Waals surface area contributed by atoms with Crippen LogP contribution in [-0.4, -0.2) is 42.2 Å². The highest BCUT2D eigenvalue weighted by Crippen LogP contribution is 1.98. The third kappa shape index (κ3) is 6.03. The quantitative estimate of drug-likeness (QED) is 0.616. The number of alkyl halides is 1. The summed E-state index contributed by atoms with van der Waals surface area (Å²) in [4.78, 5) is 33.6. The summed E-state index contributed by atoms with van der Waals surface area (Å²) in [6, 6.07) is 7.10. The first kappa shape index (κ1) is 16.6. The van der Waals surface area contributed by atoms with Crippen LogP contribution in [0.2, 0.25) is 0 Å². The molecule has 0 fully saturated rings. The molecule has 7 heteroatoms. The van der Waals surface area contributed by atoms with Crippen LogP contribution in [0.25, 0.3) is 0 Å². The number of amides is 2. The molecular weight excluding hydrogens is 279 g/mol. The zero-order chi connectivity index (χ0) is 15.7. The summed E-state index contributed by atoms with van der Waals surface area (Å²) in [7, 11) is 0. The minimum absolute atomic E-state index is 0.0127. The molecule has 0 saturated heterocycles. The minimum atomic E-state index is -1.52. The Bertz CT molecular complexity index is 493. The van der Waals surface area contributed by atoms with Crippen LogP contribution in [0.15, 0.2) is 30.3 Å². The third-order valence-corrected chi connectivity index (χ3v) is 2.69. The Morgan fingerprint density at radius 1 is 1.19 bits per heavy atom. The molecule has 1 unspecified atom stereocenters. The monoisotopic (exact) mass is 296 g/mol. The number of carbonyl (C=O) groups excluding carboxylic acids is 2. The fourth-order valence-corrected chi connectivity index (χ4v) is 1.58. The molecular formula is C14H17FN2O4. The van der Waals surface area contributed by atoms with Crippen LogP contribution in [-0.2, 0) is 9.59 Å². The Hall–Kier alpha value is -2.44. The van der Waals surface area contributed by atoms with Gasteiger partial charge in [0.1, 0.15) is 6.67 Å². The van der Waals surface area contributed by atoms with Crippen LogP contribution in [0.4, 0.5) is 4.39 Å². The highest BCUT2D eigenvalue weighted by atomic mass is 19.1. The smallest absolute Gasteiger partial charge is 0.328 e. The van der Waals surface area contributed by atoms with Gasteiger partial charge in [-0.2, -0.15) is 0 Å². The standard InChI is InChI=1S/C14H17FN2O4/c15-9-11(14(20)21)17-12(18)7-4-8-16-13(19)10-5-2-1-3-6-10/h1-3,5-6,11H,4,7-9H2,(H,16,19)(H,17,18)(H,20,21). The predicted molar refractivity (Wildman–Crippen MR) is 73.6 cm³/mol. The van der Waals surface area contributed by atoms with Gasteiger partial charge in [-0.1, -0.05) is 18.2 Å². The van der Waals surface area contributed by atoms with E-state index in [0.29, 0.717) is 12.0 Å². The Morgan fingerprint density at radius 2 is 1.86 bits per heavy atom. The van der Waals surface area contributed by atoms with E-state index in [4.69, 9.17) is 5.11 Å². The summed E-state index contributed by atoms with van der Waals surface area (Å²) in [6.45, 7) is -0.889. The highest BCUT2D eigenvalue weighted by Gasteiger charge is 2.19. The van der Waals surface area contributed by atoms with Crippen LogP contribution in [0, 0.1) is 0 Å². The molecule has 0 heterocycles. The number of nitrogens with one attached hydrogen (secondary N) is 2. The van der Waals surface area contributed by atoms with Crippen LogP contribution in [0.3, 0.4) is 0 Å². The van der Waals surface area contributed by atoms with Crippen LogP contribution < -0.4 is 10.6 Å². The Labute approximate surface area is 121 Å². The van der Waals surface area contributed by atoms with E-state index in [1.165, 1.54) is 0 Å². The Balaban J connectivity index is 2.23. The second-order valence-electron chi connectivity index (χ2n) is 4.34. The average Bonchev–Trinajstić information content (AvgIpc) is 2.49. The molecule has 2 amide bonds. The maximum Gasteiger partial charge on any atom is 0.328 e. The van der Waals surface area contributed by atoms with E-state index >= 15 is 0 Å². The largest absolute Gasteiger partial charge is 0.480 e. The molecule has 1 rings (SSSR count). The molecule has 114 valence electrons. The Kier molecular flexibility index (Phi) is 6.86. The molecule has 1 aromatic carbocycles. The lowest BCUT2D eigenvalue weighted by molar-refractivity contribution is -0.142. The van der Waals surface area contributed by atoms with Crippen molar-refractivity contribution in [3.05, 3.63) is 35.9 Å². The third-order valence-electron chi connectivity index (χ3n) is 2.69. The summed E-state index contributed by atoms with van der Waals surface area (Å²) in [5, 5.41) is 13.3. The van der Waals surface area contributed by atoms with Crippen molar-refractivity contribution in [2.45, 2.75) is 18.9 Å². The number of carbonyl (C=O) groups is 3. The highest BCUT2D eigenvalue weighted by molar-refractivity contribution is 5.94. The van der Waals surface area contributed by atoms with Crippen molar-refractivity contribution in [3.63, 3.8) is 0 Å². The minimum Gasteiger partial charge on any atom is -0.480 e. The molecule has 3 N–H and O–H groups in total. The lowest BCUT2D eigenvalue weighted by Gasteiger charge is -2.10. The zero-order valence-electron chi connectivity index (χ0n) is 11.3. The van der Waals surface area contributed by atoms with Crippen LogP contribution >= 0.6 is 0 Å². The summed E-state index contributed by atoms with van der Waals surface area (Å²) in [5.41, 5.74) is 0.519. The first-order valence-electron chi connectivity index (χ1n) is 6.46. The SMILES string of the molecule is O=C(CCCNC(=O)c1ccccc1)NC(CF)C(=O)O. The lowest BCUT2D eigenvalue weighted by Crippen LogP contribution is -2.42. The molecule has 0 radical (unpaired) electrons. The van der Waals surface area contributed by atoms with E-state index < -0.39 is 24.6 Å². The van der Waals surface area contributed by atoms with Crippen molar-refractivity contribution < 1.29 is 23.9 Å². The first-order valence-corrected chi connectivity index (χ1v) is 6.46. The van der Waals surface area contributed by atoms with Crippen molar-refractivity contribution in [1.82, 2.24) is 10.6 Å². The van der Waals surface area contributed by atoms with E-state index in [1.54, 1.807) is 30.3 Å². The van der Waals surface area contributed by atoms with Gasteiger partial charge in [0, 0.05) is 18.5 Å². The fourth-order valence-electron chi connectivity index (χ4n) is 1.58. The van der Waals surface area contributed by atoms with Crippen molar-refractivity contribution in [3.8, 4) is 0 Å². The normalized spacial score (nSPS) is 11.5. The summed E-state index contributed by atoms with van der Waals surface area (Å²) < 4.78 is 12.3. The number of aliphatic carboxylic acids is 1. The average molecular weight is 296 g/mol. The second-order valence-corrected chi connectivity index (χ2v) is 4.34. The molecule has 0 saturated carbocycles. The fraction of sp³-hybridized carbons (Fsp3) is 0.357. The number of hydrogen-bond donors (Lipinski definition) is 3. The van der Waals surface area contributed by atoms with E-state index in [1.807, 2.05) is 0 Å². The maximum absolute atomic E-state index is 12.3. The van der Waals surface area contributed by atoms with E-state index in [0.717, 1.165) is 0 Å². The Morgan fingerprint density at radius 3 is 2.43 bits per heavy atom. The zero-order valence-corrected chi connectivity index (χ0v) is 11.3. The van der Waals surface area contributed by atoms with E-state index in [-0.39, 0.29) is 18.9 Å². The summed E-state index contributed by atoms with van der Waals surface area (Å²) in [5.74, 6) is -2.22. The van der Waals surface area contributed by atoms with Gasteiger partial charge in [-0.05, 0) is 18.6 Å².